The minimum absolute atomic E-state index is 0.138. The van der Waals surface area contributed by atoms with Crippen molar-refractivity contribution in [3.05, 3.63) is 0 Å². The normalized spacial score (nSPS) is 24.1. The smallest absolute Gasteiger partial charge is 0.306 e. The maximum Gasteiger partial charge on any atom is 0.306 e. The van der Waals surface area contributed by atoms with Crippen LogP contribution < -0.4 is 0 Å². The molecule has 0 amide bonds. The van der Waals surface area contributed by atoms with Crippen LogP contribution in [0.25, 0.3) is 0 Å². The summed E-state index contributed by atoms with van der Waals surface area (Å²) in [6.45, 7) is 1.76. The molecule has 0 bridgehead atoms. The number of aliphatic hydroxyl groups excluding tert-OH is 10. The summed E-state index contributed by atoms with van der Waals surface area (Å²) in [5, 5.41) is 104. The standard InChI is InChI=1S/C90H168O27S/c1-3-5-7-9-11-13-15-17-32-36-40-44-48-52-55-59-75(92)108-64-70(66-110-88-86(103)83(100)80(97)73(116-88)68-112-90-85(102)82(99)79(96)72(63-91)115-90)113-77(94)61-57-53-49-45-41-37-33-30-28-26-24-22-20-18-19-21-23-25-27-29-31-34-38-42-46-50-54-58-62-78(95)114-71(67-111-89-87(104)84(101)81(98)74(117-89)69-118(105,106)107)65-109-76(93)60-56-51-47-43-39-35-16-14-12-10-8-6-4-2/h70-74,79-91,96-104H,3-69H2,1-2H3,(H,105,106,107)/t70-,71-,72-,73-,74-,79+,80+,81-,82+,83+,84+,85-,86-,87-,88-,89-,90+/m1/s1. The number of carbonyl (C=O) groups excluding carboxylic acids is 4. The Hall–Kier alpha value is -2.85. The maximum absolute atomic E-state index is 13.2. The fraction of sp³-hybridized carbons (Fsp3) is 0.956. The second-order valence-electron chi connectivity index (χ2n) is 34.2. The van der Waals surface area contributed by atoms with Crippen LogP contribution >= 0.6 is 0 Å². The highest BCUT2D eigenvalue weighted by molar-refractivity contribution is 7.85. The van der Waals surface area contributed by atoms with Gasteiger partial charge in [0, 0.05) is 25.7 Å². The lowest BCUT2D eigenvalue weighted by Gasteiger charge is -2.42. The largest absolute Gasteiger partial charge is 0.462 e. The Morgan fingerprint density at radius 3 is 0.763 bits per heavy atom. The molecule has 3 rings (SSSR count). The molecule has 0 aromatic rings. The van der Waals surface area contributed by atoms with Gasteiger partial charge in [-0.15, -0.1) is 0 Å². The lowest BCUT2D eigenvalue weighted by atomic mass is 9.98. The fourth-order valence-corrected chi connectivity index (χ4v) is 16.4. The third kappa shape index (κ3) is 54.1. The minimum Gasteiger partial charge on any atom is -0.462 e. The fourth-order valence-electron chi connectivity index (χ4n) is 15.7. The summed E-state index contributed by atoms with van der Waals surface area (Å²) in [5.74, 6) is -2.98. The number of unbranched alkanes of at least 4 members (excludes halogenated alkanes) is 53. The van der Waals surface area contributed by atoms with E-state index in [9.17, 15) is 83.2 Å². The molecular weight excluding hydrogens is 1550 g/mol. The number of hydrogen-bond acceptors (Lipinski definition) is 26. The van der Waals surface area contributed by atoms with Gasteiger partial charge in [0.2, 0.25) is 0 Å². The van der Waals surface area contributed by atoms with Crippen LogP contribution in [-0.4, -0.2) is 238 Å². The third-order valence-corrected chi connectivity index (χ3v) is 24.1. The van der Waals surface area contributed by atoms with E-state index in [4.69, 9.17) is 47.4 Å². The number of esters is 4. The highest BCUT2D eigenvalue weighted by Crippen LogP contribution is 2.29. The van der Waals surface area contributed by atoms with E-state index in [2.05, 4.69) is 13.8 Å². The molecule has 0 spiro atoms. The Morgan fingerprint density at radius 2 is 0.500 bits per heavy atom. The van der Waals surface area contributed by atoms with Gasteiger partial charge in [-0.1, -0.05) is 348 Å². The summed E-state index contributed by atoms with van der Waals surface area (Å²) < 4.78 is 88.5. The zero-order chi connectivity index (χ0) is 86.1. The van der Waals surface area contributed by atoms with E-state index in [1.165, 1.54) is 244 Å². The highest BCUT2D eigenvalue weighted by Gasteiger charge is 2.49. The summed E-state index contributed by atoms with van der Waals surface area (Å²) in [5.41, 5.74) is 0. The Labute approximate surface area is 710 Å². The SMILES string of the molecule is CCCCCCCCCCCCCCCCCC(=O)OC[C@H](CO[C@@H]1O[C@H](CO[C@H]2O[C@H](CO)[C@H](O)[C@H](O)[C@H]2O)[C@H](O)[C@H](O)[C@H]1O)OC(=O)CCCCCCCCCCCCCCCCCCCCCCCCCCCCCCC(=O)O[C@H](COC(=O)CCCCCCCCCCCCCCC)CO[C@@H]1O[C@H](CS(=O)(=O)O)[C@@H](O)[C@H](O)[C@H]1O. The van der Waals surface area contributed by atoms with E-state index in [-0.39, 0.29) is 38.9 Å². The Morgan fingerprint density at radius 1 is 0.280 bits per heavy atom. The molecule has 0 aromatic heterocycles. The topological polar surface area (TPSA) is 417 Å². The van der Waals surface area contributed by atoms with Gasteiger partial charge in [-0.25, -0.2) is 0 Å². The molecule has 11 N–H and O–H groups in total. The lowest BCUT2D eigenvalue weighted by molar-refractivity contribution is -0.332. The molecule has 0 unspecified atom stereocenters. The predicted molar refractivity (Wildman–Crippen MR) is 451 cm³/mol. The molecule has 3 aliphatic heterocycles. The second-order valence-corrected chi connectivity index (χ2v) is 35.7. The first-order valence-corrected chi connectivity index (χ1v) is 48.9. The van der Waals surface area contributed by atoms with E-state index >= 15 is 0 Å². The zero-order valence-corrected chi connectivity index (χ0v) is 73.9. The van der Waals surface area contributed by atoms with Gasteiger partial charge in [0.1, 0.15) is 92.2 Å². The van der Waals surface area contributed by atoms with Gasteiger partial charge in [-0.2, -0.15) is 8.42 Å². The van der Waals surface area contributed by atoms with E-state index in [0.717, 1.165) is 89.9 Å². The van der Waals surface area contributed by atoms with Crippen molar-refractivity contribution >= 4 is 34.0 Å². The molecule has 118 heavy (non-hydrogen) atoms. The monoisotopic (exact) mass is 1710 g/mol. The summed E-state index contributed by atoms with van der Waals surface area (Å²) in [6.07, 6.45) is 39.2. The Balaban J connectivity index is 1.20. The van der Waals surface area contributed by atoms with Crippen molar-refractivity contribution in [1.29, 1.82) is 0 Å². The van der Waals surface area contributed by atoms with Crippen LogP contribution in [-0.2, 0) is 76.7 Å². The van der Waals surface area contributed by atoms with E-state index < -0.39 is 171 Å². The summed E-state index contributed by atoms with van der Waals surface area (Å²) in [7, 11) is -4.63. The predicted octanol–water partition coefficient (Wildman–Crippen LogP) is 14.7. The van der Waals surface area contributed by atoms with Crippen molar-refractivity contribution in [3.63, 3.8) is 0 Å². The van der Waals surface area contributed by atoms with Crippen LogP contribution in [0.15, 0.2) is 0 Å². The Kier molecular flexibility index (Phi) is 66.1. The first-order valence-electron chi connectivity index (χ1n) is 47.3. The van der Waals surface area contributed by atoms with E-state index in [1.54, 1.807) is 0 Å². The van der Waals surface area contributed by atoms with Crippen LogP contribution in [0.2, 0.25) is 0 Å². The first kappa shape index (κ1) is 109. The van der Waals surface area contributed by atoms with Gasteiger partial charge in [0.15, 0.2) is 31.1 Å². The average Bonchev–Trinajstić information content (AvgIpc) is 0.814. The molecule has 28 heteroatoms. The summed E-state index contributed by atoms with van der Waals surface area (Å²) in [6, 6.07) is 0. The quantitative estimate of drug-likeness (QED) is 0.0117. The van der Waals surface area contributed by atoms with E-state index in [0.29, 0.717) is 25.7 Å². The van der Waals surface area contributed by atoms with Crippen molar-refractivity contribution < 1.29 is 131 Å². The van der Waals surface area contributed by atoms with Crippen LogP contribution in [0.1, 0.15) is 399 Å². The first-order chi connectivity index (χ1) is 57.1. The van der Waals surface area contributed by atoms with Crippen molar-refractivity contribution in [2.24, 2.45) is 0 Å². The zero-order valence-electron chi connectivity index (χ0n) is 73.1. The molecule has 3 fully saturated rings. The number of aliphatic hydroxyl groups is 10. The van der Waals surface area contributed by atoms with Crippen LogP contribution in [0, 0.1) is 0 Å². The molecule has 0 aliphatic carbocycles. The molecule has 17 atom stereocenters. The molecule has 696 valence electrons. The van der Waals surface area contributed by atoms with Crippen molar-refractivity contribution in [2.45, 2.75) is 503 Å². The molecule has 0 saturated carbocycles. The van der Waals surface area contributed by atoms with Crippen LogP contribution in [0.5, 0.6) is 0 Å². The van der Waals surface area contributed by atoms with Gasteiger partial charge in [0.25, 0.3) is 10.1 Å². The van der Waals surface area contributed by atoms with Crippen molar-refractivity contribution in [3.8, 4) is 0 Å². The average molecular weight is 1710 g/mol. The summed E-state index contributed by atoms with van der Waals surface area (Å²) >= 11 is 0. The van der Waals surface area contributed by atoms with Gasteiger partial charge in [-0.3, -0.25) is 23.7 Å². The molecule has 3 saturated heterocycles. The third-order valence-electron chi connectivity index (χ3n) is 23.3. The van der Waals surface area contributed by atoms with Gasteiger partial charge >= 0.3 is 23.9 Å². The van der Waals surface area contributed by atoms with Gasteiger partial charge < -0.3 is 98.4 Å². The second kappa shape index (κ2) is 71.3. The summed E-state index contributed by atoms with van der Waals surface area (Å²) in [4.78, 5) is 51.9. The van der Waals surface area contributed by atoms with Gasteiger partial charge in [-0.05, 0) is 25.7 Å². The highest BCUT2D eigenvalue weighted by atomic mass is 32.2. The van der Waals surface area contributed by atoms with Crippen molar-refractivity contribution in [2.75, 3.05) is 45.4 Å². The Bertz CT molecular complexity index is 2520. The molecular formula is C90H168O27S. The maximum atomic E-state index is 13.2. The number of hydrogen-bond donors (Lipinski definition) is 11. The lowest BCUT2D eigenvalue weighted by Crippen LogP contribution is -2.61. The van der Waals surface area contributed by atoms with Crippen LogP contribution in [0.4, 0.5) is 0 Å². The molecule has 0 radical (unpaired) electrons. The van der Waals surface area contributed by atoms with Crippen LogP contribution in [0.3, 0.4) is 0 Å². The number of ether oxygens (including phenoxy) is 10. The minimum atomic E-state index is -4.63. The van der Waals surface area contributed by atoms with Crippen molar-refractivity contribution in [1.82, 2.24) is 0 Å². The molecule has 27 nitrogen and oxygen atoms in total. The number of carbonyl (C=O) groups is 4. The van der Waals surface area contributed by atoms with E-state index in [1.807, 2.05) is 0 Å². The molecule has 3 heterocycles. The molecule has 0 aromatic carbocycles. The number of rotatable bonds is 79. The van der Waals surface area contributed by atoms with Gasteiger partial charge in [0.05, 0.1) is 26.4 Å². The molecule has 3 aliphatic rings.